The number of nitrogens with zero attached hydrogens (tertiary/aromatic N) is 5. The van der Waals surface area contributed by atoms with E-state index in [1.54, 1.807) is 26.0 Å². The number of nitrogen functional groups attached to an aromatic ring is 1. The molecule has 0 aliphatic rings. The van der Waals surface area contributed by atoms with Crippen molar-refractivity contribution in [2.75, 3.05) is 5.73 Å². The van der Waals surface area contributed by atoms with Crippen molar-refractivity contribution < 1.29 is 20.0 Å². The zero-order valence-corrected chi connectivity index (χ0v) is 16.4. The Morgan fingerprint density at radius 3 is 2.32 bits per heavy atom. The number of hydrogen-bond acceptors (Lipinski definition) is 5. The smallest absolute Gasteiger partial charge is 0.369 e. The van der Waals surface area contributed by atoms with E-state index in [2.05, 4.69) is 15.1 Å². The molecule has 0 spiro atoms. The molecular formula is C21H19F3N6O. The Bertz CT molecular complexity index is 1550. The molecule has 4 rings (SSSR count). The normalized spacial score (nSPS) is 14.2. The second-order valence-corrected chi connectivity index (χ2v) is 6.86. The van der Waals surface area contributed by atoms with Crippen LogP contribution in [0, 0.1) is 13.8 Å². The average molecular weight is 433 g/mol. The fourth-order valence-corrected chi connectivity index (χ4v) is 3.27. The molecule has 7 nitrogen and oxygen atoms in total. The molecule has 0 saturated carbocycles. The highest BCUT2D eigenvalue weighted by Gasteiger charge is 2.28. The van der Waals surface area contributed by atoms with Crippen LogP contribution >= 0.6 is 0 Å². The van der Waals surface area contributed by atoms with Crippen molar-refractivity contribution in [3.63, 3.8) is 0 Å². The zero-order chi connectivity index (χ0) is 26.7. The van der Waals surface area contributed by atoms with Crippen LogP contribution in [0.4, 0.5) is 19.1 Å². The fraction of sp³-hybridized carbons (Fsp3) is 0.238. The van der Waals surface area contributed by atoms with Crippen LogP contribution in [0.2, 0.25) is 0 Å². The van der Waals surface area contributed by atoms with Gasteiger partial charge in [-0.15, -0.1) is 5.10 Å². The third-order valence-electron chi connectivity index (χ3n) is 4.47. The Balaban J connectivity index is 2.16. The van der Waals surface area contributed by atoms with Gasteiger partial charge in [-0.05, 0) is 31.5 Å². The molecule has 3 heterocycles. The van der Waals surface area contributed by atoms with E-state index in [4.69, 9.17) is 12.6 Å². The third-order valence-corrected chi connectivity index (χ3v) is 4.47. The molecule has 0 aliphatic carbocycles. The van der Waals surface area contributed by atoms with Gasteiger partial charge in [-0.1, -0.05) is 30.2 Å². The van der Waals surface area contributed by atoms with E-state index in [1.807, 2.05) is 0 Å². The monoisotopic (exact) mass is 433 g/mol. The van der Waals surface area contributed by atoms with Gasteiger partial charge in [0.2, 0.25) is 5.95 Å². The molecule has 4 aromatic rings. The summed E-state index contributed by atoms with van der Waals surface area (Å²) < 4.78 is 80.7. The van der Waals surface area contributed by atoms with Gasteiger partial charge >= 0.3 is 11.9 Å². The number of halogens is 3. The van der Waals surface area contributed by atoms with E-state index in [9.17, 15) is 18.0 Å². The van der Waals surface area contributed by atoms with E-state index in [1.165, 1.54) is 0 Å². The first kappa shape index (κ1) is 15.2. The molecule has 3 aromatic heterocycles. The van der Waals surface area contributed by atoms with E-state index in [-0.39, 0.29) is 22.5 Å². The van der Waals surface area contributed by atoms with Crippen molar-refractivity contribution in [1.29, 1.82) is 0 Å². The summed E-state index contributed by atoms with van der Waals surface area (Å²) in [4.78, 5) is 21.4. The summed E-state index contributed by atoms with van der Waals surface area (Å²) in [5.74, 6) is -0.471. The highest BCUT2D eigenvalue weighted by molar-refractivity contribution is 5.90. The van der Waals surface area contributed by atoms with Gasteiger partial charge in [0.25, 0.3) is 0 Å². The van der Waals surface area contributed by atoms with Gasteiger partial charge in [-0.25, -0.2) is 18.9 Å². The van der Waals surface area contributed by atoms with Gasteiger partial charge in [0, 0.05) is 17.0 Å². The number of rotatable bonds is 4. The lowest BCUT2D eigenvalue weighted by atomic mass is 9.99. The van der Waals surface area contributed by atoms with Crippen LogP contribution in [-0.2, 0) is 6.54 Å². The van der Waals surface area contributed by atoms with Gasteiger partial charge in [0.15, 0.2) is 5.65 Å². The third kappa shape index (κ3) is 4.00. The second kappa shape index (κ2) is 7.53. The lowest BCUT2D eigenvalue weighted by Gasteiger charge is -2.13. The summed E-state index contributed by atoms with van der Waals surface area (Å²) in [7, 11) is 0. The first-order valence-corrected chi connectivity index (χ1v) is 9.10. The SMILES string of the molecule is [2H]c1c([2H])c([2H])c(-c2nc(N)n3c(=O)n(CCC(F)(F)F)nc3c2-c2cc(C)nc(C)c2)c([2H])c1[2H]. The summed E-state index contributed by atoms with van der Waals surface area (Å²) >= 11 is 0. The maximum absolute atomic E-state index is 12.9. The fourth-order valence-electron chi connectivity index (χ4n) is 3.27. The predicted molar refractivity (Wildman–Crippen MR) is 110 cm³/mol. The first-order valence-electron chi connectivity index (χ1n) is 11.6. The molecule has 0 radical (unpaired) electrons. The Morgan fingerprint density at radius 1 is 1.06 bits per heavy atom. The number of benzene rings is 1. The molecule has 0 fully saturated rings. The van der Waals surface area contributed by atoms with Crippen molar-refractivity contribution >= 4 is 11.6 Å². The number of fused-ring (bicyclic) bond motifs is 1. The van der Waals surface area contributed by atoms with Gasteiger partial charge in [-0.3, -0.25) is 4.98 Å². The summed E-state index contributed by atoms with van der Waals surface area (Å²) in [5.41, 5.74) is 5.92. The molecule has 2 N–H and O–H groups in total. The molecule has 160 valence electrons. The van der Waals surface area contributed by atoms with Gasteiger partial charge in [0.05, 0.1) is 31.1 Å². The molecule has 0 aliphatic heterocycles. The highest BCUT2D eigenvalue weighted by Crippen LogP contribution is 2.34. The molecule has 0 saturated heterocycles. The van der Waals surface area contributed by atoms with E-state index in [0.717, 1.165) is 4.40 Å². The van der Waals surface area contributed by atoms with E-state index >= 15 is 0 Å². The van der Waals surface area contributed by atoms with E-state index < -0.39 is 61.0 Å². The minimum absolute atomic E-state index is 0.0548. The highest BCUT2D eigenvalue weighted by atomic mass is 19.4. The molecule has 1 aromatic carbocycles. The lowest BCUT2D eigenvalue weighted by Crippen LogP contribution is -2.25. The molecule has 0 atom stereocenters. The Labute approximate surface area is 182 Å². The number of pyridine rings is 1. The molecule has 0 bridgehead atoms. The number of alkyl halides is 3. The predicted octanol–water partition coefficient (Wildman–Crippen LogP) is 3.77. The minimum Gasteiger partial charge on any atom is -0.369 e. The van der Waals surface area contributed by atoms with Crippen molar-refractivity contribution in [1.82, 2.24) is 24.1 Å². The molecular weight excluding hydrogens is 409 g/mol. The van der Waals surface area contributed by atoms with Crippen LogP contribution in [0.25, 0.3) is 28.0 Å². The minimum atomic E-state index is -4.54. The molecule has 31 heavy (non-hydrogen) atoms. The summed E-state index contributed by atoms with van der Waals surface area (Å²) in [6.45, 7) is 2.61. The van der Waals surface area contributed by atoms with Crippen LogP contribution in [0.3, 0.4) is 0 Å². The number of aryl methyl sites for hydroxylation is 3. The zero-order valence-electron chi connectivity index (χ0n) is 21.4. The number of hydrogen-bond donors (Lipinski definition) is 1. The van der Waals surface area contributed by atoms with Crippen molar-refractivity contribution in [3.8, 4) is 22.4 Å². The molecule has 0 amide bonds. The number of anilines is 1. The van der Waals surface area contributed by atoms with Crippen LogP contribution in [0.1, 0.15) is 24.7 Å². The van der Waals surface area contributed by atoms with Crippen LogP contribution < -0.4 is 11.4 Å². The van der Waals surface area contributed by atoms with Crippen molar-refractivity contribution in [3.05, 3.63) is 64.2 Å². The number of aromatic nitrogens is 5. The largest absolute Gasteiger partial charge is 0.390 e. The Kier molecular flexibility index (Phi) is 3.68. The molecule has 0 unspecified atom stereocenters. The van der Waals surface area contributed by atoms with Gasteiger partial charge in [-0.2, -0.15) is 13.2 Å². The average Bonchev–Trinajstić information content (AvgIpc) is 3.10. The first-order chi connectivity index (χ1) is 16.7. The second-order valence-electron chi connectivity index (χ2n) is 6.86. The van der Waals surface area contributed by atoms with Crippen LogP contribution in [0.15, 0.2) is 47.1 Å². The number of nitrogens with two attached hydrogens (primary N) is 1. The van der Waals surface area contributed by atoms with E-state index in [0.29, 0.717) is 21.6 Å². The summed E-state index contributed by atoms with van der Waals surface area (Å²) in [5, 5.41) is 4.09. The van der Waals surface area contributed by atoms with Crippen LogP contribution in [0.5, 0.6) is 0 Å². The Hall–Kier alpha value is -3.69. The van der Waals surface area contributed by atoms with Crippen molar-refractivity contribution in [2.45, 2.75) is 33.0 Å². The topological polar surface area (TPSA) is 91.1 Å². The maximum atomic E-state index is 12.9. The quantitative estimate of drug-likeness (QED) is 0.529. The maximum Gasteiger partial charge on any atom is 0.390 e. The standard InChI is InChI=1S/C21H19F3N6O/c1-12-10-15(11-13(2)26-12)16-17(14-6-4-3-5-7-14)27-19(25)30-18(16)28-29(20(30)31)9-8-21(22,23)24/h3-7,10-11H,8-9H2,1-2H3,(H2,25,27)/i3D,4D,5D,6D,7D. The van der Waals surface area contributed by atoms with Crippen LogP contribution in [-0.4, -0.2) is 30.3 Å². The lowest BCUT2D eigenvalue weighted by molar-refractivity contribution is -0.137. The molecule has 10 heteroatoms. The summed E-state index contributed by atoms with van der Waals surface area (Å²) in [6, 6.07) is 0.197. The van der Waals surface area contributed by atoms with Gasteiger partial charge in [0.1, 0.15) is 0 Å². The Morgan fingerprint density at radius 2 is 1.71 bits per heavy atom. The van der Waals surface area contributed by atoms with Gasteiger partial charge < -0.3 is 5.73 Å². The van der Waals surface area contributed by atoms with Crippen molar-refractivity contribution in [2.24, 2.45) is 0 Å². The summed E-state index contributed by atoms with van der Waals surface area (Å²) in [6.07, 6.45) is -5.86.